The summed E-state index contributed by atoms with van der Waals surface area (Å²) in [6.45, 7) is 4.95. The van der Waals surface area contributed by atoms with Gasteiger partial charge in [0, 0.05) is 17.9 Å². The SMILES string of the molecule is Cc1ccc(C)n1C1CCCCNC1=O. The molecular weight excluding hydrogens is 188 g/mol. The molecule has 1 aliphatic rings. The number of nitrogens with zero attached hydrogens (tertiary/aromatic N) is 1. The molecule has 3 nitrogen and oxygen atoms in total. The van der Waals surface area contributed by atoms with E-state index in [-0.39, 0.29) is 11.9 Å². The van der Waals surface area contributed by atoms with Gasteiger partial charge >= 0.3 is 0 Å². The van der Waals surface area contributed by atoms with Gasteiger partial charge in [0.2, 0.25) is 5.91 Å². The zero-order valence-corrected chi connectivity index (χ0v) is 9.42. The topological polar surface area (TPSA) is 34.0 Å². The second-order valence-corrected chi connectivity index (χ2v) is 4.29. The standard InChI is InChI=1S/C12H18N2O/c1-9-6-7-10(2)14(9)11-5-3-4-8-13-12(11)15/h6-7,11H,3-5,8H2,1-2H3,(H,13,15). The zero-order valence-electron chi connectivity index (χ0n) is 9.42. The second-order valence-electron chi connectivity index (χ2n) is 4.29. The highest BCUT2D eigenvalue weighted by Crippen LogP contribution is 2.22. The summed E-state index contributed by atoms with van der Waals surface area (Å²) in [5.41, 5.74) is 2.35. The number of carbonyl (C=O) groups excluding carboxylic acids is 1. The van der Waals surface area contributed by atoms with Crippen LogP contribution in [0.3, 0.4) is 0 Å². The summed E-state index contributed by atoms with van der Waals surface area (Å²) in [4.78, 5) is 11.9. The van der Waals surface area contributed by atoms with Crippen LogP contribution in [0.5, 0.6) is 0 Å². The summed E-state index contributed by atoms with van der Waals surface area (Å²) >= 11 is 0. The maximum atomic E-state index is 11.9. The molecule has 0 radical (unpaired) electrons. The van der Waals surface area contributed by atoms with Gasteiger partial charge in [-0.15, -0.1) is 0 Å². The van der Waals surface area contributed by atoms with Gasteiger partial charge < -0.3 is 9.88 Å². The van der Waals surface area contributed by atoms with Crippen molar-refractivity contribution in [1.29, 1.82) is 0 Å². The lowest BCUT2D eigenvalue weighted by Gasteiger charge is -2.19. The molecule has 1 atom stereocenters. The van der Waals surface area contributed by atoms with Gasteiger partial charge in [0.1, 0.15) is 6.04 Å². The molecule has 0 bridgehead atoms. The van der Waals surface area contributed by atoms with E-state index >= 15 is 0 Å². The van der Waals surface area contributed by atoms with Gasteiger partial charge in [-0.25, -0.2) is 0 Å². The van der Waals surface area contributed by atoms with E-state index in [4.69, 9.17) is 0 Å². The van der Waals surface area contributed by atoms with Crippen LogP contribution in [0.15, 0.2) is 12.1 Å². The van der Waals surface area contributed by atoms with Crippen LogP contribution in [0.4, 0.5) is 0 Å². The fourth-order valence-corrected chi connectivity index (χ4v) is 2.34. The van der Waals surface area contributed by atoms with E-state index in [9.17, 15) is 4.79 Å². The van der Waals surface area contributed by atoms with Crippen LogP contribution in [0.1, 0.15) is 36.7 Å². The highest BCUT2D eigenvalue weighted by atomic mass is 16.2. The summed E-state index contributed by atoms with van der Waals surface area (Å²) in [5.74, 6) is 0.176. The van der Waals surface area contributed by atoms with Crippen molar-refractivity contribution in [3.63, 3.8) is 0 Å². The Morgan fingerprint density at radius 3 is 2.60 bits per heavy atom. The first-order chi connectivity index (χ1) is 7.20. The Kier molecular flexibility index (Phi) is 2.80. The van der Waals surface area contributed by atoms with Crippen molar-refractivity contribution in [3.8, 4) is 0 Å². The molecular formula is C12H18N2O. The van der Waals surface area contributed by atoms with E-state index in [0.717, 1.165) is 25.8 Å². The molecule has 0 aromatic carbocycles. The average molecular weight is 206 g/mol. The van der Waals surface area contributed by atoms with Gasteiger partial charge in [-0.1, -0.05) is 0 Å². The van der Waals surface area contributed by atoms with Gasteiger partial charge in [-0.3, -0.25) is 4.79 Å². The van der Waals surface area contributed by atoms with Crippen LogP contribution in [-0.4, -0.2) is 17.0 Å². The Morgan fingerprint density at radius 1 is 1.27 bits per heavy atom. The molecule has 82 valence electrons. The quantitative estimate of drug-likeness (QED) is 0.748. The van der Waals surface area contributed by atoms with Crippen LogP contribution in [0.2, 0.25) is 0 Å². The van der Waals surface area contributed by atoms with E-state index < -0.39 is 0 Å². The van der Waals surface area contributed by atoms with Crippen molar-refractivity contribution in [3.05, 3.63) is 23.5 Å². The monoisotopic (exact) mass is 206 g/mol. The minimum absolute atomic E-state index is 0.00231. The van der Waals surface area contributed by atoms with Gasteiger partial charge in [0.05, 0.1) is 0 Å². The molecule has 15 heavy (non-hydrogen) atoms. The lowest BCUT2D eigenvalue weighted by molar-refractivity contribution is -0.124. The zero-order chi connectivity index (χ0) is 10.8. The largest absolute Gasteiger partial charge is 0.354 e. The average Bonchev–Trinajstić information content (AvgIpc) is 2.42. The maximum absolute atomic E-state index is 11.9. The number of rotatable bonds is 1. The predicted molar refractivity (Wildman–Crippen MR) is 59.8 cm³/mol. The van der Waals surface area contributed by atoms with Crippen molar-refractivity contribution in [2.45, 2.75) is 39.2 Å². The van der Waals surface area contributed by atoms with Crippen molar-refractivity contribution in [2.75, 3.05) is 6.54 Å². The number of hydrogen-bond donors (Lipinski definition) is 1. The van der Waals surface area contributed by atoms with Gasteiger partial charge in [0.15, 0.2) is 0 Å². The third-order valence-corrected chi connectivity index (χ3v) is 3.14. The minimum atomic E-state index is 0.00231. The number of aromatic nitrogens is 1. The summed E-state index contributed by atoms with van der Waals surface area (Å²) in [5, 5.41) is 2.98. The lowest BCUT2D eigenvalue weighted by atomic mass is 10.1. The van der Waals surface area contributed by atoms with Crippen LogP contribution in [0.25, 0.3) is 0 Å². The van der Waals surface area contributed by atoms with Crippen LogP contribution < -0.4 is 5.32 Å². The molecule has 2 heterocycles. The summed E-state index contributed by atoms with van der Waals surface area (Å²) in [6, 6.07) is 4.16. The molecule has 0 aliphatic carbocycles. The van der Waals surface area contributed by atoms with E-state index in [1.54, 1.807) is 0 Å². The number of amides is 1. The normalized spacial score (nSPS) is 22.3. The molecule has 1 aromatic rings. The van der Waals surface area contributed by atoms with Crippen molar-refractivity contribution in [1.82, 2.24) is 9.88 Å². The molecule has 0 saturated carbocycles. The van der Waals surface area contributed by atoms with E-state index in [1.165, 1.54) is 11.4 Å². The maximum Gasteiger partial charge on any atom is 0.243 e. The Hall–Kier alpha value is -1.25. The molecule has 1 fully saturated rings. The molecule has 1 amide bonds. The third-order valence-electron chi connectivity index (χ3n) is 3.14. The number of nitrogens with one attached hydrogen (secondary N) is 1. The van der Waals surface area contributed by atoms with Crippen LogP contribution >= 0.6 is 0 Å². The number of carbonyl (C=O) groups is 1. The fraction of sp³-hybridized carbons (Fsp3) is 0.583. The Bertz CT molecular complexity index is 348. The predicted octanol–water partition coefficient (Wildman–Crippen LogP) is 1.95. The fourth-order valence-electron chi connectivity index (χ4n) is 2.34. The van der Waals surface area contributed by atoms with E-state index in [2.05, 4.69) is 35.9 Å². The molecule has 1 unspecified atom stereocenters. The van der Waals surface area contributed by atoms with Crippen molar-refractivity contribution < 1.29 is 4.79 Å². The lowest BCUT2D eigenvalue weighted by Crippen LogP contribution is -2.31. The summed E-state index contributed by atoms with van der Waals surface area (Å²) in [6.07, 6.45) is 3.18. The van der Waals surface area contributed by atoms with E-state index in [1.807, 2.05) is 0 Å². The molecule has 2 rings (SSSR count). The van der Waals surface area contributed by atoms with Crippen LogP contribution in [0, 0.1) is 13.8 Å². The summed E-state index contributed by atoms with van der Waals surface area (Å²) in [7, 11) is 0. The Balaban J connectivity index is 2.31. The molecule has 1 aliphatic heterocycles. The first-order valence-corrected chi connectivity index (χ1v) is 5.62. The van der Waals surface area contributed by atoms with Crippen molar-refractivity contribution in [2.24, 2.45) is 0 Å². The third kappa shape index (κ3) is 1.91. The van der Waals surface area contributed by atoms with Gasteiger partial charge in [-0.05, 0) is 45.2 Å². The smallest absolute Gasteiger partial charge is 0.243 e. The first-order valence-electron chi connectivity index (χ1n) is 5.62. The van der Waals surface area contributed by atoms with Crippen molar-refractivity contribution >= 4 is 5.91 Å². The second kappa shape index (κ2) is 4.09. The molecule has 1 aromatic heterocycles. The van der Waals surface area contributed by atoms with E-state index in [0.29, 0.717) is 0 Å². The molecule has 3 heteroatoms. The highest BCUT2D eigenvalue weighted by molar-refractivity contribution is 5.80. The number of aryl methyl sites for hydroxylation is 2. The molecule has 1 saturated heterocycles. The Morgan fingerprint density at radius 2 is 1.93 bits per heavy atom. The van der Waals surface area contributed by atoms with Gasteiger partial charge in [-0.2, -0.15) is 0 Å². The Labute approximate surface area is 90.5 Å². The molecule has 1 N–H and O–H groups in total. The highest BCUT2D eigenvalue weighted by Gasteiger charge is 2.23. The number of hydrogen-bond acceptors (Lipinski definition) is 1. The first kappa shape index (κ1) is 10.3. The minimum Gasteiger partial charge on any atom is -0.354 e. The van der Waals surface area contributed by atoms with Gasteiger partial charge in [0.25, 0.3) is 0 Å². The summed E-state index contributed by atoms with van der Waals surface area (Å²) < 4.78 is 2.15. The molecule has 0 spiro atoms. The van der Waals surface area contributed by atoms with Crippen LogP contribution in [-0.2, 0) is 4.79 Å².